The van der Waals surface area contributed by atoms with Crippen molar-refractivity contribution in [1.29, 1.82) is 5.26 Å². The van der Waals surface area contributed by atoms with Crippen LogP contribution < -0.4 is 5.32 Å². The van der Waals surface area contributed by atoms with Gasteiger partial charge in [0, 0.05) is 10.5 Å². The van der Waals surface area contributed by atoms with Gasteiger partial charge >= 0.3 is 0 Å². The smallest absolute Gasteiger partial charge is 0.144 e. The second-order valence-corrected chi connectivity index (χ2v) is 4.22. The van der Waals surface area contributed by atoms with Crippen LogP contribution in [0.5, 0.6) is 0 Å². The van der Waals surface area contributed by atoms with E-state index in [1.165, 1.54) is 0 Å². The van der Waals surface area contributed by atoms with E-state index in [-0.39, 0.29) is 6.04 Å². The molecule has 0 radical (unpaired) electrons. The Morgan fingerprint density at radius 2 is 2.21 bits per heavy atom. The summed E-state index contributed by atoms with van der Waals surface area (Å²) < 4.78 is 0.864. The van der Waals surface area contributed by atoms with Crippen LogP contribution in [0.15, 0.2) is 10.5 Å². The minimum absolute atomic E-state index is 0.273. The lowest BCUT2D eigenvalue weighted by Gasteiger charge is -2.11. The van der Waals surface area contributed by atoms with Crippen LogP contribution in [-0.4, -0.2) is 11.0 Å². The van der Waals surface area contributed by atoms with Crippen molar-refractivity contribution in [2.75, 3.05) is 5.32 Å². The fourth-order valence-corrected chi connectivity index (χ4v) is 1.37. The maximum absolute atomic E-state index is 8.90. The van der Waals surface area contributed by atoms with E-state index < -0.39 is 0 Å². The van der Waals surface area contributed by atoms with E-state index in [4.69, 9.17) is 5.26 Å². The maximum atomic E-state index is 8.90. The Bertz CT molecular complexity index is 380. The van der Waals surface area contributed by atoms with E-state index in [2.05, 4.69) is 32.3 Å². The van der Waals surface area contributed by atoms with Crippen LogP contribution in [0.4, 0.5) is 5.82 Å². The molecule has 0 aliphatic rings. The number of nitriles is 1. The molecule has 0 atom stereocenters. The normalized spacial score (nSPS) is 10.0. The minimum atomic E-state index is 0.273. The van der Waals surface area contributed by atoms with Crippen LogP contribution in [0.25, 0.3) is 0 Å². The number of hydrogen-bond acceptors (Lipinski definition) is 3. The van der Waals surface area contributed by atoms with E-state index in [9.17, 15) is 0 Å². The Morgan fingerprint density at radius 1 is 1.57 bits per heavy atom. The summed E-state index contributed by atoms with van der Waals surface area (Å²) in [4.78, 5) is 4.30. The molecule has 74 valence electrons. The highest BCUT2D eigenvalue weighted by Gasteiger charge is 2.07. The van der Waals surface area contributed by atoms with Crippen molar-refractivity contribution in [3.8, 4) is 6.07 Å². The van der Waals surface area contributed by atoms with Crippen LogP contribution in [0, 0.1) is 18.3 Å². The Kier molecular flexibility index (Phi) is 3.48. The van der Waals surface area contributed by atoms with Gasteiger partial charge in [0.05, 0.1) is 11.3 Å². The third-order valence-electron chi connectivity index (χ3n) is 1.70. The molecular weight excluding hydrogens is 242 g/mol. The molecule has 1 rings (SSSR count). The zero-order valence-electron chi connectivity index (χ0n) is 8.43. The maximum Gasteiger partial charge on any atom is 0.144 e. The van der Waals surface area contributed by atoms with E-state index >= 15 is 0 Å². The van der Waals surface area contributed by atoms with Crippen molar-refractivity contribution in [3.63, 3.8) is 0 Å². The quantitative estimate of drug-likeness (QED) is 0.882. The fourth-order valence-electron chi connectivity index (χ4n) is 1.05. The summed E-state index contributed by atoms with van der Waals surface area (Å²) in [6.07, 6.45) is 0. The predicted molar refractivity (Wildman–Crippen MR) is 60.1 cm³/mol. The largest absolute Gasteiger partial charge is 0.367 e. The van der Waals surface area contributed by atoms with E-state index in [0.717, 1.165) is 10.2 Å². The SMILES string of the molecule is Cc1nc(NC(C)C)c(C#N)cc1Br. The summed E-state index contributed by atoms with van der Waals surface area (Å²) in [5.74, 6) is 0.656. The van der Waals surface area contributed by atoms with E-state index in [1.807, 2.05) is 20.8 Å². The lowest BCUT2D eigenvalue weighted by Crippen LogP contribution is -2.12. The van der Waals surface area contributed by atoms with Gasteiger partial charge in [0.15, 0.2) is 0 Å². The molecular formula is C10H12BrN3. The van der Waals surface area contributed by atoms with Gasteiger partial charge in [-0.3, -0.25) is 0 Å². The summed E-state index contributed by atoms with van der Waals surface area (Å²) in [5.41, 5.74) is 1.45. The number of anilines is 1. The molecule has 0 unspecified atom stereocenters. The van der Waals surface area contributed by atoms with Crippen LogP contribution in [0.2, 0.25) is 0 Å². The highest BCUT2D eigenvalue weighted by atomic mass is 79.9. The number of aromatic nitrogens is 1. The Morgan fingerprint density at radius 3 is 2.71 bits per heavy atom. The average Bonchev–Trinajstić information content (AvgIpc) is 2.10. The number of hydrogen-bond donors (Lipinski definition) is 1. The van der Waals surface area contributed by atoms with Crippen LogP contribution >= 0.6 is 15.9 Å². The Hall–Kier alpha value is -1.08. The number of aryl methyl sites for hydroxylation is 1. The van der Waals surface area contributed by atoms with Gasteiger partial charge in [-0.05, 0) is 42.8 Å². The van der Waals surface area contributed by atoms with Gasteiger partial charge < -0.3 is 5.32 Å². The number of nitrogens with zero attached hydrogens (tertiary/aromatic N) is 2. The molecule has 0 aliphatic carbocycles. The van der Waals surface area contributed by atoms with Gasteiger partial charge in [-0.15, -0.1) is 0 Å². The lowest BCUT2D eigenvalue weighted by molar-refractivity contribution is 0.885. The molecule has 1 heterocycles. The summed E-state index contributed by atoms with van der Waals surface area (Å²) in [7, 11) is 0. The Labute approximate surface area is 92.3 Å². The summed E-state index contributed by atoms with van der Waals surface area (Å²) in [5, 5.41) is 12.0. The number of rotatable bonds is 2. The molecule has 0 saturated carbocycles. The number of halogens is 1. The highest BCUT2D eigenvalue weighted by Crippen LogP contribution is 2.21. The third kappa shape index (κ3) is 2.46. The molecule has 0 aliphatic heterocycles. The minimum Gasteiger partial charge on any atom is -0.367 e. The van der Waals surface area contributed by atoms with Crippen molar-refractivity contribution < 1.29 is 0 Å². The van der Waals surface area contributed by atoms with Crippen molar-refractivity contribution >= 4 is 21.7 Å². The van der Waals surface area contributed by atoms with Crippen molar-refractivity contribution in [1.82, 2.24) is 4.98 Å². The molecule has 0 fully saturated rings. The monoisotopic (exact) mass is 253 g/mol. The molecule has 3 nitrogen and oxygen atoms in total. The fraction of sp³-hybridized carbons (Fsp3) is 0.400. The first-order chi connectivity index (χ1) is 6.54. The highest BCUT2D eigenvalue weighted by molar-refractivity contribution is 9.10. The van der Waals surface area contributed by atoms with Crippen molar-refractivity contribution in [2.24, 2.45) is 0 Å². The molecule has 0 saturated heterocycles. The molecule has 1 aromatic heterocycles. The second kappa shape index (κ2) is 4.43. The zero-order chi connectivity index (χ0) is 10.7. The second-order valence-electron chi connectivity index (χ2n) is 3.36. The summed E-state index contributed by atoms with van der Waals surface area (Å²) in [6.45, 7) is 5.93. The van der Waals surface area contributed by atoms with Crippen LogP contribution in [0.3, 0.4) is 0 Å². The summed E-state index contributed by atoms with van der Waals surface area (Å²) >= 11 is 3.35. The molecule has 0 spiro atoms. The van der Waals surface area contributed by atoms with Gasteiger partial charge in [-0.25, -0.2) is 4.98 Å². The predicted octanol–water partition coefficient (Wildman–Crippen LogP) is 2.84. The molecule has 1 aromatic rings. The van der Waals surface area contributed by atoms with Crippen LogP contribution in [0.1, 0.15) is 25.1 Å². The van der Waals surface area contributed by atoms with Crippen LogP contribution in [-0.2, 0) is 0 Å². The van der Waals surface area contributed by atoms with E-state index in [1.54, 1.807) is 6.07 Å². The number of nitrogens with one attached hydrogen (secondary N) is 1. The van der Waals surface area contributed by atoms with Crippen molar-refractivity contribution in [3.05, 3.63) is 21.8 Å². The lowest BCUT2D eigenvalue weighted by atomic mass is 10.2. The molecule has 14 heavy (non-hydrogen) atoms. The molecule has 0 aromatic carbocycles. The van der Waals surface area contributed by atoms with Crippen molar-refractivity contribution in [2.45, 2.75) is 26.8 Å². The standard InChI is InChI=1S/C10H12BrN3/c1-6(2)13-10-8(5-12)4-9(11)7(3)14-10/h4,6H,1-3H3,(H,13,14). The molecule has 1 N–H and O–H groups in total. The van der Waals surface area contributed by atoms with Gasteiger partial charge in [0.2, 0.25) is 0 Å². The van der Waals surface area contributed by atoms with Gasteiger partial charge in [-0.2, -0.15) is 5.26 Å². The molecule has 0 amide bonds. The first-order valence-corrected chi connectivity index (χ1v) is 5.17. The average molecular weight is 254 g/mol. The van der Waals surface area contributed by atoms with Gasteiger partial charge in [0.1, 0.15) is 11.9 Å². The topological polar surface area (TPSA) is 48.7 Å². The first-order valence-electron chi connectivity index (χ1n) is 4.38. The van der Waals surface area contributed by atoms with E-state index in [0.29, 0.717) is 11.4 Å². The number of pyridine rings is 1. The molecule has 0 bridgehead atoms. The van der Waals surface area contributed by atoms with Gasteiger partial charge in [-0.1, -0.05) is 0 Å². The molecule has 4 heteroatoms. The van der Waals surface area contributed by atoms with Gasteiger partial charge in [0.25, 0.3) is 0 Å². The third-order valence-corrected chi connectivity index (χ3v) is 2.50. The summed E-state index contributed by atoms with van der Waals surface area (Å²) in [6, 6.07) is 4.17. The first kappa shape index (κ1) is 11.0. The zero-order valence-corrected chi connectivity index (χ0v) is 10.0. The Balaban J connectivity index is 3.15.